The lowest BCUT2D eigenvalue weighted by Gasteiger charge is -2.28. The molecule has 0 radical (unpaired) electrons. The van der Waals surface area contributed by atoms with Gasteiger partial charge in [0.2, 0.25) is 0 Å². The van der Waals surface area contributed by atoms with Gasteiger partial charge in [-0.05, 0) is 13.8 Å². The van der Waals surface area contributed by atoms with Crippen LogP contribution in [0.5, 0.6) is 0 Å². The summed E-state index contributed by atoms with van der Waals surface area (Å²) in [7, 11) is 8.91. The minimum Gasteiger partial charge on any atom is -0.373 e. The number of ether oxygens (including phenoxy) is 2. The maximum Gasteiger partial charge on any atom is 0.102 e. The van der Waals surface area contributed by atoms with Crippen LogP contribution in [-0.2, 0) is 9.47 Å². The van der Waals surface area contributed by atoms with E-state index in [1.807, 2.05) is 0 Å². The average molecular weight is 262 g/mol. The molecule has 0 atom stereocenters. The number of nitrogens with zero attached hydrogens (tertiary/aromatic N) is 2. The Kier molecular flexibility index (Phi) is 8.78. The molecule has 0 aromatic heterocycles. The lowest BCUT2D eigenvalue weighted by Crippen LogP contribution is -2.42. The van der Waals surface area contributed by atoms with E-state index in [9.17, 15) is 0 Å². The van der Waals surface area contributed by atoms with Crippen molar-refractivity contribution >= 4 is 0 Å². The van der Waals surface area contributed by atoms with Gasteiger partial charge >= 0.3 is 0 Å². The smallest absolute Gasteiger partial charge is 0.102 e. The minimum absolute atomic E-state index is 0.712. The molecular weight excluding hydrogens is 228 g/mol. The van der Waals surface area contributed by atoms with Gasteiger partial charge in [-0.25, -0.2) is 0 Å². The van der Waals surface area contributed by atoms with Crippen molar-refractivity contribution in [1.29, 1.82) is 0 Å². The molecule has 0 heterocycles. The second kappa shape index (κ2) is 8.86. The molecule has 0 saturated heterocycles. The van der Waals surface area contributed by atoms with E-state index in [4.69, 9.17) is 9.47 Å². The van der Waals surface area contributed by atoms with Crippen LogP contribution in [0, 0.1) is 0 Å². The van der Waals surface area contributed by atoms with E-state index in [0.29, 0.717) is 13.2 Å². The Labute approximate surface area is 114 Å². The average Bonchev–Trinajstić information content (AvgIpc) is 2.32. The topological polar surface area (TPSA) is 18.5 Å². The summed E-state index contributed by atoms with van der Waals surface area (Å²) >= 11 is 0. The van der Waals surface area contributed by atoms with Gasteiger partial charge in [0.05, 0.1) is 67.7 Å². The molecule has 0 N–H and O–H groups in total. The van der Waals surface area contributed by atoms with Crippen molar-refractivity contribution in [2.75, 3.05) is 80.8 Å². The molecular formula is C14H34N2O2+2. The first-order valence-electron chi connectivity index (χ1n) is 7.12. The lowest BCUT2D eigenvalue weighted by molar-refractivity contribution is -0.889. The van der Waals surface area contributed by atoms with Crippen LogP contribution < -0.4 is 0 Å². The molecule has 0 bridgehead atoms. The molecule has 0 aliphatic carbocycles. The van der Waals surface area contributed by atoms with E-state index in [1.54, 1.807) is 0 Å². The number of rotatable bonds is 11. The third-order valence-electron chi connectivity index (χ3n) is 3.77. The number of hydrogen-bond acceptors (Lipinski definition) is 2. The molecule has 0 aliphatic heterocycles. The standard InChI is InChI=1S/C14H34N2O2/c1-7-15(3,4)9-11-17-13-14-18-12-10-16(5,6)8-2/h7-14H2,1-6H3/q+2. The second-order valence-electron chi connectivity index (χ2n) is 6.18. The molecule has 0 aliphatic rings. The van der Waals surface area contributed by atoms with Crippen molar-refractivity contribution in [2.45, 2.75) is 13.8 Å². The van der Waals surface area contributed by atoms with Crippen molar-refractivity contribution in [2.24, 2.45) is 0 Å². The van der Waals surface area contributed by atoms with Gasteiger partial charge in [0.15, 0.2) is 0 Å². The number of hydrogen-bond donors (Lipinski definition) is 0. The Hall–Kier alpha value is -0.160. The number of likely N-dealkylation sites (N-methyl/N-ethyl adjacent to an activating group) is 2. The molecule has 0 spiro atoms. The van der Waals surface area contributed by atoms with Gasteiger partial charge in [0.1, 0.15) is 13.1 Å². The second-order valence-corrected chi connectivity index (χ2v) is 6.18. The van der Waals surface area contributed by atoms with Gasteiger partial charge in [0.25, 0.3) is 0 Å². The van der Waals surface area contributed by atoms with Crippen LogP contribution in [-0.4, -0.2) is 89.8 Å². The van der Waals surface area contributed by atoms with Gasteiger partial charge in [-0.3, -0.25) is 0 Å². The molecule has 0 unspecified atom stereocenters. The van der Waals surface area contributed by atoms with Crippen molar-refractivity contribution in [3.8, 4) is 0 Å². The number of quaternary nitrogens is 2. The van der Waals surface area contributed by atoms with E-state index in [0.717, 1.165) is 48.4 Å². The van der Waals surface area contributed by atoms with Crippen LogP contribution in [0.2, 0.25) is 0 Å². The van der Waals surface area contributed by atoms with E-state index >= 15 is 0 Å². The molecule has 0 rings (SSSR count). The van der Waals surface area contributed by atoms with Crippen LogP contribution in [0.15, 0.2) is 0 Å². The maximum absolute atomic E-state index is 5.58. The summed E-state index contributed by atoms with van der Waals surface area (Å²) in [6.45, 7) is 11.9. The highest BCUT2D eigenvalue weighted by Crippen LogP contribution is 1.96. The van der Waals surface area contributed by atoms with Gasteiger partial charge < -0.3 is 18.4 Å². The van der Waals surface area contributed by atoms with Gasteiger partial charge in [-0.2, -0.15) is 0 Å². The van der Waals surface area contributed by atoms with Gasteiger partial charge in [-0.15, -0.1) is 0 Å². The third kappa shape index (κ3) is 9.83. The summed E-state index contributed by atoms with van der Waals surface area (Å²) in [6, 6.07) is 0. The molecule has 110 valence electrons. The zero-order chi connectivity index (χ0) is 14.1. The lowest BCUT2D eigenvalue weighted by atomic mass is 10.4. The van der Waals surface area contributed by atoms with Crippen LogP contribution in [0.3, 0.4) is 0 Å². The van der Waals surface area contributed by atoms with Gasteiger partial charge in [0, 0.05) is 0 Å². The Morgan fingerprint density at radius 1 is 0.611 bits per heavy atom. The molecule has 18 heavy (non-hydrogen) atoms. The predicted octanol–water partition coefficient (Wildman–Crippen LogP) is 1.21. The molecule has 0 aromatic rings. The van der Waals surface area contributed by atoms with Crippen molar-refractivity contribution in [3.63, 3.8) is 0 Å². The summed E-state index contributed by atoms with van der Waals surface area (Å²) in [5.74, 6) is 0. The fraction of sp³-hybridized carbons (Fsp3) is 1.00. The van der Waals surface area contributed by atoms with Crippen molar-refractivity contribution in [1.82, 2.24) is 0 Å². The normalized spacial score (nSPS) is 13.0. The molecule has 0 saturated carbocycles. The van der Waals surface area contributed by atoms with Crippen molar-refractivity contribution in [3.05, 3.63) is 0 Å². The highest BCUT2D eigenvalue weighted by molar-refractivity contribution is 4.35. The predicted molar refractivity (Wildman–Crippen MR) is 76.7 cm³/mol. The Bertz CT molecular complexity index is 184. The van der Waals surface area contributed by atoms with E-state index < -0.39 is 0 Å². The van der Waals surface area contributed by atoms with Crippen LogP contribution >= 0.6 is 0 Å². The first kappa shape index (κ1) is 17.8. The fourth-order valence-corrected chi connectivity index (χ4v) is 1.26. The maximum atomic E-state index is 5.58. The zero-order valence-corrected chi connectivity index (χ0v) is 13.4. The fourth-order valence-electron chi connectivity index (χ4n) is 1.26. The molecule has 0 fully saturated rings. The summed E-state index contributed by atoms with van der Waals surface area (Å²) in [4.78, 5) is 0. The summed E-state index contributed by atoms with van der Waals surface area (Å²) in [5, 5.41) is 0. The van der Waals surface area contributed by atoms with E-state index in [2.05, 4.69) is 42.0 Å². The summed E-state index contributed by atoms with van der Waals surface area (Å²) in [6.07, 6.45) is 0. The Balaban J connectivity index is 3.32. The first-order valence-corrected chi connectivity index (χ1v) is 7.12. The Morgan fingerprint density at radius 3 is 1.22 bits per heavy atom. The van der Waals surface area contributed by atoms with Crippen LogP contribution in [0.25, 0.3) is 0 Å². The highest BCUT2D eigenvalue weighted by atomic mass is 16.5. The van der Waals surface area contributed by atoms with E-state index in [-0.39, 0.29) is 0 Å². The zero-order valence-electron chi connectivity index (χ0n) is 13.4. The molecule has 4 heteroatoms. The first-order chi connectivity index (χ1) is 8.33. The highest BCUT2D eigenvalue weighted by Gasteiger charge is 2.11. The summed E-state index contributed by atoms with van der Waals surface area (Å²) in [5.41, 5.74) is 0. The Morgan fingerprint density at radius 2 is 0.944 bits per heavy atom. The molecule has 0 aromatic carbocycles. The molecule has 4 nitrogen and oxygen atoms in total. The quantitative estimate of drug-likeness (QED) is 0.412. The van der Waals surface area contributed by atoms with E-state index in [1.165, 1.54) is 0 Å². The van der Waals surface area contributed by atoms with Crippen LogP contribution in [0.4, 0.5) is 0 Å². The summed E-state index contributed by atoms with van der Waals surface area (Å²) < 4.78 is 13.2. The largest absolute Gasteiger partial charge is 0.373 e. The minimum atomic E-state index is 0.712. The SMILES string of the molecule is CC[N+](C)(C)CCOCCOCC[N+](C)(C)CC. The molecule has 0 amide bonds. The third-order valence-corrected chi connectivity index (χ3v) is 3.77. The monoisotopic (exact) mass is 262 g/mol. The van der Waals surface area contributed by atoms with Crippen LogP contribution in [0.1, 0.15) is 13.8 Å². The van der Waals surface area contributed by atoms with Crippen molar-refractivity contribution < 1.29 is 18.4 Å². The van der Waals surface area contributed by atoms with Gasteiger partial charge in [-0.1, -0.05) is 0 Å².